The zero-order valence-corrected chi connectivity index (χ0v) is 10.8. The van der Waals surface area contributed by atoms with Crippen LogP contribution in [0.15, 0.2) is 42.5 Å². The van der Waals surface area contributed by atoms with Crippen LogP contribution in [0, 0.1) is 5.82 Å². The lowest BCUT2D eigenvalue weighted by molar-refractivity contribution is -0.118. The summed E-state index contributed by atoms with van der Waals surface area (Å²) in [6.07, 6.45) is 0.869. The van der Waals surface area contributed by atoms with E-state index in [2.05, 4.69) is 0 Å². The molecule has 2 aromatic carbocycles. The Morgan fingerprint density at radius 2 is 2.05 bits per heavy atom. The molecule has 0 aliphatic carbocycles. The first-order valence-corrected chi connectivity index (χ1v) is 6.47. The Balaban J connectivity index is 2.11. The monoisotopic (exact) mass is 271 g/mol. The van der Waals surface area contributed by atoms with Crippen molar-refractivity contribution in [2.45, 2.75) is 18.8 Å². The third-order valence-electron chi connectivity index (χ3n) is 3.52. The van der Waals surface area contributed by atoms with Crippen molar-refractivity contribution < 1.29 is 13.9 Å². The van der Waals surface area contributed by atoms with Gasteiger partial charge >= 0.3 is 0 Å². The van der Waals surface area contributed by atoms with Crippen molar-refractivity contribution in [3.63, 3.8) is 0 Å². The molecule has 4 heteroatoms. The largest absolute Gasteiger partial charge is 0.457 e. The lowest BCUT2D eigenvalue weighted by atomic mass is 9.89. The van der Waals surface area contributed by atoms with E-state index in [4.69, 9.17) is 10.5 Å². The van der Waals surface area contributed by atoms with Crippen LogP contribution >= 0.6 is 0 Å². The minimum absolute atomic E-state index is 0.0910. The third-order valence-corrected chi connectivity index (χ3v) is 3.52. The van der Waals surface area contributed by atoms with Gasteiger partial charge in [0.2, 0.25) is 5.91 Å². The van der Waals surface area contributed by atoms with Crippen LogP contribution in [0.3, 0.4) is 0 Å². The summed E-state index contributed by atoms with van der Waals surface area (Å²) in [4.78, 5) is 11.3. The summed E-state index contributed by atoms with van der Waals surface area (Å²) in [6, 6.07) is 12.0. The quantitative estimate of drug-likeness (QED) is 0.912. The maximum absolute atomic E-state index is 13.4. The fourth-order valence-corrected chi connectivity index (χ4v) is 2.62. The fourth-order valence-electron chi connectivity index (χ4n) is 2.62. The van der Waals surface area contributed by atoms with Crippen LogP contribution in [0.25, 0.3) is 0 Å². The summed E-state index contributed by atoms with van der Waals surface area (Å²) in [5.41, 5.74) is 7.14. The molecule has 3 rings (SSSR count). The number of rotatable bonds is 2. The maximum atomic E-state index is 13.4. The Kier molecular flexibility index (Phi) is 3.14. The number of ether oxygens (including phenoxy) is 1. The van der Waals surface area contributed by atoms with Crippen LogP contribution in [-0.2, 0) is 11.2 Å². The van der Waals surface area contributed by atoms with Crippen LogP contribution < -0.4 is 10.5 Å². The van der Waals surface area contributed by atoms with Crippen molar-refractivity contribution in [1.82, 2.24) is 0 Å². The predicted molar refractivity (Wildman–Crippen MR) is 73.2 cm³/mol. The summed E-state index contributed by atoms with van der Waals surface area (Å²) >= 11 is 0. The number of hydrogen-bond donors (Lipinski definition) is 1. The molecule has 0 spiro atoms. The average molecular weight is 271 g/mol. The van der Waals surface area contributed by atoms with Gasteiger partial charge in [-0.25, -0.2) is 4.39 Å². The molecule has 1 unspecified atom stereocenters. The molecule has 0 saturated heterocycles. The molecule has 1 atom stereocenters. The molecule has 2 N–H and O–H groups in total. The van der Waals surface area contributed by atoms with E-state index >= 15 is 0 Å². The molecule has 0 fully saturated rings. The van der Waals surface area contributed by atoms with Crippen LogP contribution in [0.4, 0.5) is 4.39 Å². The Morgan fingerprint density at radius 3 is 2.85 bits per heavy atom. The van der Waals surface area contributed by atoms with Gasteiger partial charge in [0.1, 0.15) is 17.3 Å². The Bertz CT molecular complexity index is 669. The molecule has 1 aliphatic rings. The van der Waals surface area contributed by atoms with Gasteiger partial charge in [-0.1, -0.05) is 24.3 Å². The van der Waals surface area contributed by atoms with Gasteiger partial charge in [0.15, 0.2) is 0 Å². The molecular formula is C16H14FNO2. The molecular weight excluding hydrogens is 257 g/mol. The number of benzene rings is 2. The average Bonchev–Trinajstić information content (AvgIpc) is 2.54. The van der Waals surface area contributed by atoms with E-state index in [1.165, 1.54) is 12.1 Å². The predicted octanol–water partition coefficient (Wildman–Crippen LogP) is 3.13. The highest BCUT2D eigenvalue weighted by molar-refractivity contribution is 5.75. The highest BCUT2D eigenvalue weighted by Crippen LogP contribution is 2.40. The topological polar surface area (TPSA) is 52.3 Å². The Morgan fingerprint density at radius 1 is 1.25 bits per heavy atom. The molecule has 20 heavy (non-hydrogen) atoms. The third kappa shape index (κ3) is 2.37. The van der Waals surface area contributed by atoms with Gasteiger partial charge in [-0.3, -0.25) is 4.79 Å². The van der Waals surface area contributed by atoms with E-state index in [0.29, 0.717) is 17.9 Å². The fraction of sp³-hybridized carbons (Fsp3) is 0.188. The molecule has 1 aliphatic heterocycles. The number of nitrogens with two attached hydrogens (primary N) is 1. The van der Waals surface area contributed by atoms with E-state index < -0.39 is 0 Å². The number of carbonyl (C=O) groups excluding carboxylic acids is 1. The van der Waals surface area contributed by atoms with Crippen molar-refractivity contribution in [3.05, 3.63) is 59.4 Å². The first-order chi connectivity index (χ1) is 9.63. The van der Waals surface area contributed by atoms with E-state index in [1.54, 1.807) is 6.07 Å². The smallest absolute Gasteiger partial charge is 0.218 e. The number of fused-ring (bicyclic) bond motifs is 2. The first-order valence-electron chi connectivity index (χ1n) is 6.47. The molecule has 102 valence electrons. The number of amides is 1. The van der Waals surface area contributed by atoms with Gasteiger partial charge < -0.3 is 10.5 Å². The van der Waals surface area contributed by atoms with E-state index in [1.807, 2.05) is 24.3 Å². The molecule has 1 amide bonds. The normalized spacial score (nSPS) is 16.6. The lowest BCUT2D eigenvalue weighted by Crippen LogP contribution is -2.16. The van der Waals surface area contributed by atoms with Crippen molar-refractivity contribution in [2.24, 2.45) is 5.73 Å². The number of primary amides is 1. The second kappa shape index (κ2) is 4.96. The SMILES string of the molecule is NC(=O)CC1Cc2ccccc2Oc2cc(F)ccc21. The zero-order valence-electron chi connectivity index (χ0n) is 10.8. The second-order valence-electron chi connectivity index (χ2n) is 4.96. The van der Waals surface area contributed by atoms with Gasteiger partial charge in [-0.2, -0.15) is 0 Å². The number of halogens is 1. The van der Waals surface area contributed by atoms with Crippen LogP contribution in [0.2, 0.25) is 0 Å². The van der Waals surface area contributed by atoms with E-state index in [9.17, 15) is 9.18 Å². The standard InChI is InChI=1S/C16H14FNO2/c17-12-5-6-13-11(8-16(18)19)7-10-3-1-2-4-14(10)20-15(13)9-12/h1-6,9,11H,7-8H2,(H2,18,19). The minimum atomic E-state index is -0.371. The molecule has 2 aromatic rings. The summed E-state index contributed by atoms with van der Waals surface area (Å²) in [6.45, 7) is 0. The van der Waals surface area contributed by atoms with Crippen LogP contribution in [0.5, 0.6) is 11.5 Å². The molecule has 3 nitrogen and oxygen atoms in total. The van der Waals surface area contributed by atoms with Crippen LogP contribution in [-0.4, -0.2) is 5.91 Å². The van der Waals surface area contributed by atoms with Crippen molar-refractivity contribution in [3.8, 4) is 11.5 Å². The first kappa shape index (κ1) is 12.7. The van der Waals surface area contributed by atoms with Crippen molar-refractivity contribution in [2.75, 3.05) is 0 Å². The number of hydrogen-bond acceptors (Lipinski definition) is 2. The number of para-hydroxylation sites is 1. The minimum Gasteiger partial charge on any atom is -0.457 e. The van der Waals surface area contributed by atoms with E-state index in [0.717, 1.165) is 11.1 Å². The van der Waals surface area contributed by atoms with Gasteiger partial charge in [0, 0.05) is 18.4 Å². The van der Waals surface area contributed by atoms with Crippen molar-refractivity contribution >= 4 is 5.91 Å². The Hall–Kier alpha value is -2.36. The maximum Gasteiger partial charge on any atom is 0.218 e. The number of carbonyl (C=O) groups is 1. The van der Waals surface area contributed by atoms with Gasteiger partial charge in [-0.15, -0.1) is 0 Å². The highest BCUT2D eigenvalue weighted by Gasteiger charge is 2.25. The van der Waals surface area contributed by atoms with E-state index in [-0.39, 0.29) is 24.1 Å². The van der Waals surface area contributed by atoms with Gasteiger partial charge in [0.25, 0.3) is 0 Å². The zero-order chi connectivity index (χ0) is 14.1. The molecule has 0 radical (unpaired) electrons. The second-order valence-corrected chi connectivity index (χ2v) is 4.96. The summed E-state index contributed by atoms with van der Waals surface area (Å²) in [5.74, 6) is 0.338. The van der Waals surface area contributed by atoms with Gasteiger partial charge in [0.05, 0.1) is 0 Å². The summed E-state index contributed by atoms with van der Waals surface area (Å²) in [5, 5.41) is 0. The van der Waals surface area contributed by atoms with Crippen LogP contribution in [0.1, 0.15) is 23.5 Å². The molecule has 0 bridgehead atoms. The van der Waals surface area contributed by atoms with Gasteiger partial charge in [-0.05, 0) is 29.7 Å². The lowest BCUT2D eigenvalue weighted by Gasteiger charge is -2.14. The Labute approximate surface area is 116 Å². The summed E-state index contributed by atoms with van der Waals surface area (Å²) in [7, 11) is 0. The van der Waals surface area contributed by atoms with Crippen molar-refractivity contribution in [1.29, 1.82) is 0 Å². The molecule has 0 aromatic heterocycles. The molecule has 1 heterocycles. The summed E-state index contributed by atoms with van der Waals surface area (Å²) < 4.78 is 19.2. The highest BCUT2D eigenvalue weighted by atomic mass is 19.1. The molecule has 0 saturated carbocycles.